The minimum atomic E-state index is -0.405. The zero-order chi connectivity index (χ0) is 16.4. The van der Waals surface area contributed by atoms with Crippen molar-refractivity contribution in [2.45, 2.75) is 25.7 Å². The molecular weight excluding hydrogens is 318 g/mol. The highest BCUT2D eigenvalue weighted by Gasteiger charge is 2.30. The monoisotopic (exact) mass is 337 g/mol. The van der Waals surface area contributed by atoms with Crippen LogP contribution < -0.4 is 4.90 Å². The van der Waals surface area contributed by atoms with Gasteiger partial charge >= 0.3 is 0 Å². The van der Waals surface area contributed by atoms with Crippen LogP contribution in [0.3, 0.4) is 0 Å². The number of nitrogens with zero attached hydrogens (tertiary/aromatic N) is 3. The van der Waals surface area contributed by atoms with E-state index in [9.17, 15) is 14.9 Å². The first-order chi connectivity index (χ1) is 11.1. The molecule has 1 aromatic rings. The molecule has 6 nitrogen and oxygen atoms in total. The minimum absolute atomic E-state index is 0.0214. The van der Waals surface area contributed by atoms with Gasteiger partial charge in [0.25, 0.3) is 5.69 Å². The smallest absolute Gasteiger partial charge is 0.294 e. The Hall–Kier alpha value is -1.82. The second-order valence-corrected chi connectivity index (χ2v) is 6.62. The van der Waals surface area contributed by atoms with Crippen LogP contribution in [0, 0.1) is 16.0 Å². The molecule has 7 heteroatoms. The molecule has 1 aliphatic heterocycles. The quantitative estimate of drug-likeness (QED) is 0.628. The van der Waals surface area contributed by atoms with E-state index in [1.165, 1.54) is 6.07 Å². The molecule has 2 fully saturated rings. The molecule has 0 aromatic heterocycles. The molecule has 1 amide bonds. The van der Waals surface area contributed by atoms with Crippen molar-refractivity contribution in [1.29, 1.82) is 0 Å². The summed E-state index contributed by atoms with van der Waals surface area (Å²) >= 11 is 5.86. The van der Waals surface area contributed by atoms with Crippen LogP contribution in [0.15, 0.2) is 18.2 Å². The van der Waals surface area contributed by atoms with Crippen molar-refractivity contribution in [3.63, 3.8) is 0 Å². The molecule has 1 saturated heterocycles. The molecule has 1 heterocycles. The number of piperazine rings is 1. The Morgan fingerprint density at radius 2 is 1.83 bits per heavy atom. The highest BCUT2D eigenvalue weighted by molar-refractivity contribution is 6.30. The summed E-state index contributed by atoms with van der Waals surface area (Å²) in [6.45, 7) is 2.46. The second-order valence-electron chi connectivity index (χ2n) is 6.18. The van der Waals surface area contributed by atoms with Gasteiger partial charge in [0.2, 0.25) is 5.91 Å². The number of nitro benzene ring substituents is 1. The van der Waals surface area contributed by atoms with Crippen LogP contribution >= 0.6 is 11.6 Å². The number of amides is 1. The van der Waals surface area contributed by atoms with E-state index in [4.69, 9.17) is 11.6 Å². The molecule has 2 aliphatic rings. The van der Waals surface area contributed by atoms with Crippen LogP contribution in [0.4, 0.5) is 11.4 Å². The third-order valence-electron chi connectivity index (χ3n) is 4.77. The predicted octanol–water partition coefficient (Wildman–Crippen LogP) is 3.09. The maximum absolute atomic E-state index is 12.4. The fourth-order valence-electron chi connectivity index (χ4n) is 3.51. The lowest BCUT2D eigenvalue weighted by atomic mass is 10.1. The fraction of sp³-hybridized carbons (Fsp3) is 0.562. The molecule has 23 heavy (non-hydrogen) atoms. The maximum atomic E-state index is 12.4. The summed E-state index contributed by atoms with van der Waals surface area (Å²) in [5.74, 6) is 0.444. The number of halogens is 1. The summed E-state index contributed by atoms with van der Waals surface area (Å²) in [6, 6.07) is 4.74. The average molecular weight is 338 g/mol. The standard InChI is InChI=1S/C16H20ClN3O3/c17-13-5-6-14(15(11-13)20(22)23)18-7-9-19(10-8-18)16(21)12-3-1-2-4-12/h5-6,11-12H,1-4,7-10H2. The number of nitro groups is 1. The van der Waals surface area contributed by atoms with Gasteiger partial charge in [-0.1, -0.05) is 24.4 Å². The first-order valence-electron chi connectivity index (χ1n) is 8.04. The van der Waals surface area contributed by atoms with Gasteiger partial charge in [-0.05, 0) is 25.0 Å². The van der Waals surface area contributed by atoms with Gasteiger partial charge in [-0.25, -0.2) is 0 Å². The van der Waals surface area contributed by atoms with Gasteiger partial charge < -0.3 is 9.80 Å². The Bertz CT molecular complexity index is 609. The maximum Gasteiger partial charge on any atom is 0.294 e. The van der Waals surface area contributed by atoms with Gasteiger partial charge in [-0.2, -0.15) is 0 Å². The molecule has 124 valence electrons. The van der Waals surface area contributed by atoms with Crippen molar-refractivity contribution in [3.8, 4) is 0 Å². The van der Waals surface area contributed by atoms with E-state index in [-0.39, 0.29) is 17.5 Å². The first kappa shape index (κ1) is 16.1. The molecule has 1 aromatic carbocycles. The van der Waals surface area contributed by atoms with Crippen molar-refractivity contribution < 1.29 is 9.72 Å². The second kappa shape index (κ2) is 6.74. The van der Waals surface area contributed by atoms with Crippen LogP contribution in [0.2, 0.25) is 5.02 Å². The predicted molar refractivity (Wildman–Crippen MR) is 88.9 cm³/mol. The van der Waals surface area contributed by atoms with Gasteiger partial charge in [0.1, 0.15) is 5.69 Å². The Labute approximate surface area is 140 Å². The zero-order valence-corrected chi connectivity index (χ0v) is 13.7. The number of carbonyl (C=O) groups excluding carboxylic acids is 1. The third-order valence-corrected chi connectivity index (χ3v) is 5.01. The summed E-state index contributed by atoms with van der Waals surface area (Å²) < 4.78 is 0. The molecule has 0 spiro atoms. The lowest BCUT2D eigenvalue weighted by Crippen LogP contribution is -2.50. The number of benzene rings is 1. The molecule has 0 unspecified atom stereocenters. The largest absolute Gasteiger partial charge is 0.362 e. The van der Waals surface area contributed by atoms with Gasteiger partial charge in [-0.15, -0.1) is 0 Å². The Morgan fingerprint density at radius 1 is 1.17 bits per heavy atom. The summed E-state index contributed by atoms with van der Waals surface area (Å²) in [7, 11) is 0. The van der Waals surface area contributed by atoms with Crippen molar-refractivity contribution >= 4 is 28.9 Å². The summed E-state index contributed by atoms with van der Waals surface area (Å²) in [5.41, 5.74) is 0.598. The molecular formula is C16H20ClN3O3. The Balaban J connectivity index is 1.67. The van der Waals surface area contributed by atoms with Gasteiger partial charge in [0, 0.05) is 43.2 Å². The molecule has 3 rings (SSSR count). The molecule has 0 N–H and O–H groups in total. The molecule has 1 saturated carbocycles. The Morgan fingerprint density at radius 3 is 2.43 bits per heavy atom. The third kappa shape index (κ3) is 3.42. The minimum Gasteiger partial charge on any atom is -0.362 e. The van der Waals surface area contributed by atoms with Gasteiger partial charge in [-0.3, -0.25) is 14.9 Å². The normalized spacial score (nSPS) is 19.2. The topological polar surface area (TPSA) is 66.7 Å². The highest BCUT2D eigenvalue weighted by Crippen LogP contribution is 2.32. The average Bonchev–Trinajstić information content (AvgIpc) is 3.09. The fourth-order valence-corrected chi connectivity index (χ4v) is 3.68. The first-order valence-corrected chi connectivity index (χ1v) is 8.42. The van der Waals surface area contributed by atoms with E-state index in [2.05, 4.69) is 0 Å². The van der Waals surface area contributed by atoms with E-state index in [1.807, 2.05) is 9.80 Å². The van der Waals surface area contributed by atoms with Crippen molar-refractivity contribution in [2.24, 2.45) is 5.92 Å². The SMILES string of the molecule is O=C(C1CCCC1)N1CCN(c2ccc(Cl)cc2[N+](=O)[O-])CC1. The van der Waals surface area contributed by atoms with E-state index in [0.717, 1.165) is 25.7 Å². The molecule has 1 aliphatic carbocycles. The number of anilines is 1. The summed E-state index contributed by atoms with van der Waals surface area (Å²) in [4.78, 5) is 27.1. The number of carbonyl (C=O) groups is 1. The lowest BCUT2D eigenvalue weighted by molar-refractivity contribution is -0.384. The van der Waals surface area contributed by atoms with Crippen LogP contribution in [0.5, 0.6) is 0 Å². The van der Waals surface area contributed by atoms with Crippen molar-refractivity contribution in [2.75, 3.05) is 31.1 Å². The summed E-state index contributed by atoms with van der Waals surface area (Å²) in [6.07, 6.45) is 4.30. The van der Waals surface area contributed by atoms with Crippen molar-refractivity contribution in [3.05, 3.63) is 33.3 Å². The van der Waals surface area contributed by atoms with Crippen LogP contribution in [0.1, 0.15) is 25.7 Å². The number of hydrogen-bond acceptors (Lipinski definition) is 4. The Kier molecular flexibility index (Phi) is 4.71. The van der Waals surface area contributed by atoms with Crippen LogP contribution in [0.25, 0.3) is 0 Å². The van der Waals surface area contributed by atoms with E-state index >= 15 is 0 Å². The molecule has 0 radical (unpaired) electrons. The van der Waals surface area contributed by atoms with Gasteiger partial charge in [0.05, 0.1) is 4.92 Å². The van der Waals surface area contributed by atoms with Crippen LogP contribution in [-0.2, 0) is 4.79 Å². The number of rotatable bonds is 3. The van der Waals surface area contributed by atoms with Crippen molar-refractivity contribution in [1.82, 2.24) is 4.90 Å². The molecule has 0 atom stereocenters. The summed E-state index contributed by atoms with van der Waals surface area (Å²) in [5, 5.41) is 11.6. The lowest BCUT2D eigenvalue weighted by Gasteiger charge is -2.37. The van der Waals surface area contributed by atoms with Crippen LogP contribution in [-0.4, -0.2) is 41.9 Å². The highest BCUT2D eigenvalue weighted by atomic mass is 35.5. The number of hydrogen-bond donors (Lipinski definition) is 0. The molecule has 0 bridgehead atoms. The van der Waals surface area contributed by atoms with E-state index < -0.39 is 4.92 Å². The van der Waals surface area contributed by atoms with Gasteiger partial charge in [0.15, 0.2) is 0 Å². The zero-order valence-electron chi connectivity index (χ0n) is 12.9. The van der Waals surface area contributed by atoms with E-state index in [0.29, 0.717) is 36.9 Å². The van der Waals surface area contributed by atoms with E-state index in [1.54, 1.807) is 12.1 Å².